The van der Waals surface area contributed by atoms with E-state index in [1.807, 2.05) is 28.8 Å². The van der Waals surface area contributed by atoms with E-state index in [9.17, 15) is 0 Å². The minimum absolute atomic E-state index is 0.813. The van der Waals surface area contributed by atoms with Crippen LogP contribution in [0.5, 0.6) is 0 Å². The minimum atomic E-state index is 0.813. The summed E-state index contributed by atoms with van der Waals surface area (Å²) in [7, 11) is 0. The van der Waals surface area contributed by atoms with E-state index >= 15 is 0 Å². The average Bonchev–Trinajstić information content (AvgIpc) is 3.39. The molecule has 6 rings (SSSR count). The number of pyridine rings is 2. The van der Waals surface area contributed by atoms with Gasteiger partial charge in [0.05, 0.1) is 11.2 Å². The van der Waals surface area contributed by atoms with E-state index in [0.717, 1.165) is 52.0 Å². The van der Waals surface area contributed by atoms with Crippen LogP contribution < -0.4 is 5.32 Å². The van der Waals surface area contributed by atoms with Crippen LogP contribution in [0.3, 0.4) is 0 Å². The normalized spacial score (nSPS) is 11.3. The Labute approximate surface area is 197 Å². The van der Waals surface area contributed by atoms with Gasteiger partial charge in [-0.25, -0.2) is 4.98 Å². The van der Waals surface area contributed by atoms with Crippen molar-refractivity contribution < 1.29 is 0 Å². The van der Waals surface area contributed by atoms with E-state index < -0.39 is 0 Å². The summed E-state index contributed by atoms with van der Waals surface area (Å²) in [6, 6.07) is 33.7. The van der Waals surface area contributed by atoms with Crippen molar-refractivity contribution in [1.29, 1.82) is 0 Å². The third kappa shape index (κ3) is 3.93. The van der Waals surface area contributed by atoms with Gasteiger partial charge in [0.2, 0.25) is 0 Å². The van der Waals surface area contributed by atoms with Gasteiger partial charge < -0.3 is 5.32 Å². The fraction of sp³-hybridized carbons (Fsp3) is 0.0690. The molecular formula is C29H23N5. The fourth-order valence-electron chi connectivity index (χ4n) is 4.31. The van der Waals surface area contributed by atoms with Crippen LogP contribution in [-0.2, 0) is 13.1 Å². The molecular weight excluding hydrogens is 418 g/mol. The predicted octanol–water partition coefficient (Wildman–Crippen LogP) is 5.90. The molecule has 3 heterocycles. The van der Waals surface area contributed by atoms with Crippen molar-refractivity contribution in [2.45, 2.75) is 13.1 Å². The Morgan fingerprint density at radius 2 is 1.41 bits per heavy atom. The SMILES string of the molecule is c1ccc(CNCc2ccc(-c3nc4ccn5cnnc5c4cc3-c3ccccc3)cc2)cc1. The van der Waals surface area contributed by atoms with E-state index in [1.165, 1.54) is 11.1 Å². The van der Waals surface area contributed by atoms with Crippen LogP contribution in [0.25, 0.3) is 38.9 Å². The van der Waals surface area contributed by atoms with Gasteiger partial charge >= 0.3 is 0 Å². The van der Waals surface area contributed by atoms with Gasteiger partial charge in [-0.15, -0.1) is 10.2 Å². The lowest BCUT2D eigenvalue weighted by Gasteiger charge is -2.13. The number of aromatic nitrogens is 4. The minimum Gasteiger partial charge on any atom is -0.309 e. The maximum absolute atomic E-state index is 5.09. The van der Waals surface area contributed by atoms with Gasteiger partial charge in [0.1, 0.15) is 6.33 Å². The monoisotopic (exact) mass is 441 g/mol. The Morgan fingerprint density at radius 1 is 0.706 bits per heavy atom. The summed E-state index contributed by atoms with van der Waals surface area (Å²) < 4.78 is 1.93. The standard InChI is InChI=1S/C29H23N5/c1-3-7-21(8-4-1)18-30-19-22-11-13-24(14-12-22)28-25(23-9-5-2-6-10-23)17-26-27(32-28)15-16-34-20-31-33-29(26)34/h1-17,20,30H,18-19H2. The molecule has 3 aromatic heterocycles. The zero-order chi connectivity index (χ0) is 22.7. The molecule has 0 aliphatic carbocycles. The smallest absolute Gasteiger partial charge is 0.170 e. The van der Waals surface area contributed by atoms with Crippen LogP contribution in [0.1, 0.15) is 11.1 Å². The van der Waals surface area contributed by atoms with Gasteiger partial charge in [-0.05, 0) is 28.8 Å². The van der Waals surface area contributed by atoms with Crippen molar-refractivity contribution in [2.24, 2.45) is 0 Å². The van der Waals surface area contributed by atoms with E-state index in [0.29, 0.717) is 0 Å². The van der Waals surface area contributed by atoms with Gasteiger partial charge in [0.25, 0.3) is 0 Å². The molecule has 6 aromatic rings. The lowest BCUT2D eigenvalue weighted by molar-refractivity contribution is 0.693. The lowest BCUT2D eigenvalue weighted by Crippen LogP contribution is -2.12. The maximum Gasteiger partial charge on any atom is 0.170 e. The second-order valence-electron chi connectivity index (χ2n) is 8.35. The van der Waals surface area contributed by atoms with Crippen molar-refractivity contribution in [3.05, 3.63) is 121 Å². The molecule has 0 unspecified atom stereocenters. The van der Waals surface area contributed by atoms with E-state index in [4.69, 9.17) is 4.98 Å². The molecule has 0 atom stereocenters. The topological polar surface area (TPSA) is 55.1 Å². The number of rotatable bonds is 6. The quantitative estimate of drug-likeness (QED) is 0.350. The molecule has 34 heavy (non-hydrogen) atoms. The van der Waals surface area contributed by atoms with Gasteiger partial charge in [-0.3, -0.25) is 4.40 Å². The lowest BCUT2D eigenvalue weighted by atomic mass is 9.97. The van der Waals surface area contributed by atoms with Crippen LogP contribution in [0.2, 0.25) is 0 Å². The summed E-state index contributed by atoms with van der Waals surface area (Å²) in [6.07, 6.45) is 3.67. The Kier molecular flexibility index (Phi) is 5.30. The number of hydrogen-bond acceptors (Lipinski definition) is 4. The zero-order valence-electron chi connectivity index (χ0n) is 18.6. The molecule has 164 valence electrons. The number of benzene rings is 3. The van der Waals surface area contributed by atoms with Gasteiger partial charge in [0.15, 0.2) is 5.65 Å². The zero-order valence-corrected chi connectivity index (χ0v) is 18.6. The number of fused-ring (bicyclic) bond motifs is 3. The van der Waals surface area contributed by atoms with Crippen LogP contribution in [-0.4, -0.2) is 19.6 Å². The molecule has 0 spiro atoms. The molecule has 0 aliphatic heterocycles. The summed E-state index contributed by atoms with van der Waals surface area (Å²) in [4.78, 5) is 5.09. The van der Waals surface area contributed by atoms with Crippen molar-refractivity contribution >= 4 is 16.6 Å². The predicted molar refractivity (Wildman–Crippen MR) is 136 cm³/mol. The number of hydrogen-bond donors (Lipinski definition) is 1. The molecule has 0 saturated carbocycles. The highest BCUT2D eigenvalue weighted by Crippen LogP contribution is 2.34. The van der Waals surface area contributed by atoms with Crippen molar-refractivity contribution in [3.63, 3.8) is 0 Å². The van der Waals surface area contributed by atoms with Crippen molar-refractivity contribution in [1.82, 2.24) is 24.9 Å². The highest BCUT2D eigenvalue weighted by Gasteiger charge is 2.14. The van der Waals surface area contributed by atoms with E-state index in [-0.39, 0.29) is 0 Å². The van der Waals surface area contributed by atoms with Gasteiger partial charge in [-0.2, -0.15) is 0 Å². The molecule has 0 amide bonds. The van der Waals surface area contributed by atoms with Crippen LogP contribution in [0.15, 0.2) is 110 Å². The fourth-order valence-corrected chi connectivity index (χ4v) is 4.31. The first-order valence-electron chi connectivity index (χ1n) is 11.4. The Hall–Kier alpha value is -4.35. The van der Waals surface area contributed by atoms with E-state index in [2.05, 4.69) is 94.4 Å². The second-order valence-corrected chi connectivity index (χ2v) is 8.35. The van der Waals surface area contributed by atoms with E-state index in [1.54, 1.807) is 6.33 Å². The summed E-state index contributed by atoms with van der Waals surface area (Å²) in [5.74, 6) is 0. The van der Waals surface area contributed by atoms with Gasteiger partial charge in [0, 0.05) is 35.8 Å². The first-order chi connectivity index (χ1) is 16.8. The molecule has 5 heteroatoms. The second kappa shape index (κ2) is 8.89. The van der Waals surface area contributed by atoms with Gasteiger partial charge in [-0.1, -0.05) is 84.9 Å². The maximum atomic E-state index is 5.09. The number of nitrogens with zero attached hydrogens (tertiary/aromatic N) is 4. The first-order valence-corrected chi connectivity index (χ1v) is 11.4. The largest absolute Gasteiger partial charge is 0.309 e. The Bertz CT molecular complexity index is 1560. The molecule has 3 aromatic carbocycles. The molecule has 0 saturated heterocycles. The first kappa shape index (κ1) is 20.3. The molecule has 0 fully saturated rings. The highest BCUT2D eigenvalue weighted by molar-refractivity contribution is 5.98. The van der Waals surface area contributed by atoms with Crippen LogP contribution in [0.4, 0.5) is 0 Å². The molecule has 0 bridgehead atoms. The third-order valence-electron chi connectivity index (χ3n) is 6.07. The summed E-state index contributed by atoms with van der Waals surface area (Å²) >= 11 is 0. The summed E-state index contributed by atoms with van der Waals surface area (Å²) in [6.45, 7) is 1.67. The summed E-state index contributed by atoms with van der Waals surface area (Å²) in [5, 5.41) is 12.9. The average molecular weight is 442 g/mol. The molecule has 0 radical (unpaired) electrons. The Morgan fingerprint density at radius 3 is 2.18 bits per heavy atom. The molecule has 0 aliphatic rings. The van der Waals surface area contributed by atoms with Crippen LogP contribution in [0, 0.1) is 0 Å². The Balaban J connectivity index is 1.35. The van der Waals surface area contributed by atoms with Crippen molar-refractivity contribution in [3.8, 4) is 22.4 Å². The van der Waals surface area contributed by atoms with Crippen LogP contribution >= 0.6 is 0 Å². The van der Waals surface area contributed by atoms with Crippen molar-refractivity contribution in [2.75, 3.05) is 0 Å². The summed E-state index contributed by atoms with van der Waals surface area (Å²) in [5.41, 5.74) is 8.51. The highest BCUT2D eigenvalue weighted by atomic mass is 15.2. The third-order valence-corrected chi connectivity index (χ3v) is 6.07. The number of nitrogens with one attached hydrogen (secondary N) is 1. The molecule has 5 nitrogen and oxygen atoms in total. The molecule has 1 N–H and O–H groups in total.